The third-order valence-electron chi connectivity index (χ3n) is 5.64. The number of carbonyl (C=O) groups excluding carboxylic acids is 1. The molecule has 1 amide bonds. The molecule has 0 saturated heterocycles. The predicted octanol–water partition coefficient (Wildman–Crippen LogP) is 2.29. The minimum Gasteiger partial charge on any atom is -0.467 e. The van der Waals surface area contributed by atoms with Crippen LogP contribution in [0.4, 0.5) is 0 Å². The maximum absolute atomic E-state index is 12.4. The highest BCUT2D eigenvalue weighted by Gasteiger charge is 2.48. The number of amides is 1. The summed E-state index contributed by atoms with van der Waals surface area (Å²) in [4.78, 5) is 12.4. The number of rotatable bonds is 3. The first-order valence-electron chi connectivity index (χ1n) is 7.81. The molecule has 0 aliphatic heterocycles. The van der Waals surface area contributed by atoms with E-state index in [4.69, 9.17) is 10.2 Å². The minimum absolute atomic E-state index is 0.00548. The van der Waals surface area contributed by atoms with Gasteiger partial charge < -0.3 is 15.5 Å². The molecular formula is C16H22N2O2. The van der Waals surface area contributed by atoms with Crippen LogP contribution in [-0.4, -0.2) is 11.9 Å². The van der Waals surface area contributed by atoms with Gasteiger partial charge in [-0.3, -0.25) is 4.79 Å². The fraction of sp³-hybridized carbons (Fsp3) is 0.688. The lowest BCUT2D eigenvalue weighted by Crippen LogP contribution is -2.55. The summed E-state index contributed by atoms with van der Waals surface area (Å²) in [5.41, 5.74) is 6.13. The maximum Gasteiger partial charge on any atom is 0.254 e. The van der Waals surface area contributed by atoms with Gasteiger partial charge in [0.25, 0.3) is 5.91 Å². The van der Waals surface area contributed by atoms with E-state index in [2.05, 4.69) is 5.32 Å². The lowest BCUT2D eigenvalue weighted by Gasteiger charge is -2.54. The zero-order valence-corrected chi connectivity index (χ0v) is 11.7. The number of furan rings is 1. The van der Waals surface area contributed by atoms with Gasteiger partial charge in [0.2, 0.25) is 0 Å². The number of nitrogens with one attached hydrogen (secondary N) is 1. The zero-order chi connectivity index (χ0) is 13.7. The standard InChI is InChI=1S/C16H22N2O2/c17-7-14-6-13(8-20-14)16(19)18-15-11-2-9-1-10(4-11)5-12(15)3-9/h6,8-12,15H,1-5,7,17H2,(H,18,19). The van der Waals surface area contributed by atoms with Gasteiger partial charge in [-0.2, -0.15) is 0 Å². The summed E-state index contributed by atoms with van der Waals surface area (Å²) in [6.07, 6.45) is 8.23. The van der Waals surface area contributed by atoms with E-state index in [1.165, 1.54) is 38.4 Å². The fourth-order valence-electron chi connectivity index (χ4n) is 5.00. The second kappa shape index (κ2) is 4.62. The van der Waals surface area contributed by atoms with Crippen molar-refractivity contribution in [1.29, 1.82) is 0 Å². The van der Waals surface area contributed by atoms with Crippen molar-refractivity contribution in [3.8, 4) is 0 Å². The van der Waals surface area contributed by atoms with Crippen molar-refractivity contribution < 1.29 is 9.21 Å². The van der Waals surface area contributed by atoms with Gasteiger partial charge in [-0.15, -0.1) is 0 Å². The van der Waals surface area contributed by atoms with Gasteiger partial charge >= 0.3 is 0 Å². The molecule has 4 nitrogen and oxygen atoms in total. The Morgan fingerprint density at radius 3 is 2.40 bits per heavy atom. The normalized spacial score (nSPS) is 38.1. The predicted molar refractivity (Wildman–Crippen MR) is 74.9 cm³/mol. The highest BCUT2D eigenvalue weighted by atomic mass is 16.3. The monoisotopic (exact) mass is 274 g/mol. The van der Waals surface area contributed by atoms with Crippen LogP contribution >= 0.6 is 0 Å². The van der Waals surface area contributed by atoms with Crippen LogP contribution in [0.3, 0.4) is 0 Å². The van der Waals surface area contributed by atoms with E-state index in [0.717, 1.165) is 11.8 Å². The Morgan fingerprint density at radius 1 is 1.20 bits per heavy atom. The molecule has 4 saturated carbocycles. The van der Waals surface area contributed by atoms with Crippen LogP contribution in [0.5, 0.6) is 0 Å². The van der Waals surface area contributed by atoms with E-state index in [-0.39, 0.29) is 5.91 Å². The van der Waals surface area contributed by atoms with Crippen LogP contribution < -0.4 is 11.1 Å². The minimum atomic E-state index is 0.00548. The van der Waals surface area contributed by atoms with Crippen molar-refractivity contribution in [2.24, 2.45) is 29.4 Å². The smallest absolute Gasteiger partial charge is 0.254 e. The second-order valence-corrected chi connectivity index (χ2v) is 6.94. The first-order valence-corrected chi connectivity index (χ1v) is 7.81. The summed E-state index contributed by atoms with van der Waals surface area (Å²) < 4.78 is 5.26. The van der Waals surface area contributed by atoms with E-state index in [1.807, 2.05) is 0 Å². The molecule has 4 aliphatic rings. The summed E-state index contributed by atoms with van der Waals surface area (Å²) >= 11 is 0. The molecular weight excluding hydrogens is 252 g/mol. The second-order valence-electron chi connectivity index (χ2n) is 6.94. The van der Waals surface area contributed by atoms with Crippen molar-refractivity contribution in [1.82, 2.24) is 5.32 Å². The Balaban J connectivity index is 1.47. The van der Waals surface area contributed by atoms with Crippen LogP contribution in [0.1, 0.15) is 48.2 Å². The molecule has 0 unspecified atom stereocenters. The average Bonchev–Trinajstić information content (AvgIpc) is 2.91. The molecule has 3 N–H and O–H groups in total. The lowest BCUT2D eigenvalue weighted by atomic mass is 9.54. The average molecular weight is 274 g/mol. The van der Waals surface area contributed by atoms with Crippen molar-refractivity contribution in [3.05, 3.63) is 23.7 Å². The SMILES string of the molecule is NCc1cc(C(=O)NC2C3CC4CC(C3)CC2C4)co1. The molecule has 20 heavy (non-hydrogen) atoms. The molecule has 1 aromatic rings. The first kappa shape index (κ1) is 12.5. The highest BCUT2D eigenvalue weighted by molar-refractivity contribution is 5.94. The van der Waals surface area contributed by atoms with Gasteiger partial charge in [0.1, 0.15) is 12.0 Å². The Labute approximate surface area is 119 Å². The van der Waals surface area contributed by atoms with E-state index >= 15 is 0 Å². The molecule has 5 rings (SSSR count). The van der Waals surface area contributed by atoms with Crippen LogP contribution in [0, 0.1) is 23.7 Å². The van der Waals surface area contributed by atoms with Crippen molar-refractivity contribution in [3.63, 3.8) is 0 Å². The van der Waals surface area contributed by atoms with Crippen LogP contribution in [-0.2, 0) is 6.54 Å². The molecule has 4 fully saturated rings. The Kier molecular flexibility index (Phi) is 2.88. The van der Waals surface area contributed by atoms with E-state index in [1.54, 1.807) is 6.07 Å². The molecule has 1 aromatic heterocycles. The summed E-state index contributed by atoms with van der Waals surface area (Å²) in [6.45, 7) is 0.339. The lowest BCUT2D eigenvalue weighted by molar-refractivity contribution is -0.0119. The Hall–Kier alpha value is -1.29. The zero-order valence-electron chi connectivity index (χ0n) is 11.7. The largest absolute Gasteiger partial charge is 0.467 e. The van der Waals surface area contributed by atoms with Gasteiger partial charge in [0, 0.05) is 6.04 Å². The molecule has 0 radical (unpaired) electrons. The molecule has 1 heterocycles. The van der Waals surface area contributed by atoms with Crippen LogP contribution in [0.2, 0.25) is 0 Å². The Bertz CT molecular complexity index is 494. The third kappa shape index (κ3) is 1.97. The van der Waals surface area contributed by atoms with Crippen molar-refractivity contribution in [2.45, 2.75) is 44.7 Å². The van der Waals surface area contributed by atoms with Crippen molar-refractivity contribution >= 4 is 5.91 Å². The maximum atomic E-state index is 12.4. The number of hydrogen-bond donors (Lipinski definition) is 2. The molecule has 0 spiro atoms. The fourth-order valence-corrected chi connectivity index (χ4v) is 5.00. The molecule has 4 heteroatoms. The number of carbonyl (C=O) groups is 1. The number of hydrogen-bond acceptors (Lipinski definition) is 3. The molecule has 4 aliphatic carbocycles. The highest BCUT2D eigenvalue weighted by Crippen LogP contribution is 2.53. The molecule has 0 atom stereocenters. The van der Waals surface area contributed by atoms with E-state index in [0.29, 0.717) is 35.7 Å². The Morgan fingerprint density at radius 2 is 1.85 bits per heavy atom. The molecule has 108 valence electrons. The van der Waals surface area contributed by atoms with Gasteiger partial charge in [0.05, 0.1) is 12.1 Å². The topological polar surface area (TPSA) is 68.3 Å². The van der Waals surface area contributed by atoms with Gasteiger partial charge in [-0.25, -0.2) is 0 Å². The van der Waals surface area contributed by atoms with E-state index < -0.39 is 0 Å². The van der Waals surface area contributed by atoms with Gasteiger partial charge in [0.15, 0.2) is 0 Å². The summed E-state index contributed by atoms with van der Waals surface area (Å²) in [6, 6.07) is 2.14. The summed E-state index contributed by atoms with van der Waals surface area (Å²) in [5, 5.41) is 3.28. The van der Waals surface area contributed by atoms with E-state index in [9.17, 15) is 4.79 Å². The summed E-state index contributed by atoms with van der Waals surface area (Å²) in [5.74, 6) is 3.95. The quantitative estimate of drug-likeness (QED) is 0.888. The van der Waals surface area contributed by atoms with Crippen LogP contribution in [0.15, 0.2) is 16.7 Å². The molecule has 0 aromatic carbocycles. The van der Waals surface area contributed by atoms with Crippen LogP contribution in [0.25, 0.3) is 0 Å². The van der Waals surface area contributed by atoms with Gasteiger partial charge in [-0.1, -0.05) is 0 Å². The van der Waals surface area contributed by atoms with Crippen molar-refractivity contribution in [2.75, 3.05) is 0 Å². The number of nitrogens with two attached hydrogens (primary N) is 1. The first-order chi connectivity index (χ1) is 9.72. The molecule has 4 bridgehead atoms. The van der Waals surface area contributed by atoms with Gasteiger partial charge in [-0.05, 0) is 61.8 Å². The summed E-state index contributed by atoms with van der Waals surface area (Å²) in [7, 11) is 0. The third-order valence-corrected chi connectivity index (χ3v) is 5.64.